The largest absolute Gasteiger partial charge is 0.462 e. The number of carbonyl (C=O) groups is 1. The van der Waals surface area contributed by atoms with Gasteiger partial charge in [0.2, 0.25) is 0 Å². The standard InChI is InChI=1S/C32H39F2N5O3/c1-19-15-26(38-29(16-19)39-28-17-21(30(33)34)13-14-36-28)22-5-12-27(37-18-22)32(2,41)23-6-3-20(4-7-23)31(40)42-25-10-8-24(35)9-11-25/h5,12-18,20,23-25,30,41H,3-4,6-11,35H2,1-2H3,(H,36,38,39). The number of pyridine rings is 3. The van der Waals surface area contributed by atoms with Crippen LogP contribution in [0.3, 0.4) is 0 Å². The summed E-state index contributed by atoms with van der Waals surface area (Å²) in [6, 6.07) is 10.2. The second-order valence-electron chi connectivity index (χ2n) is 11.9. The highest BCUT2D eigenvalue weighted by Crippen LogP contribution is 2.41. The van der Waals surface area contributed by atoms with E-state index in [0.29, 0.717) is 42.9 Å². The average molecular weight is 580 g/mol. The maximum Gasteiger partial charge on any atom is 0.309 e. The summed E-state index contributed by atoms with van der Waals surface area (Å²) in [6.07, 6.45) is 6.65. The van der Waals surface area contributed by atoms with Crippen LogP contribution in [0, 0.1) is 18.8 Å². The molecule has 5 rings (SSSR count). The third kappa shape index (κ3) is 7.10. The zero-order valence-electron chi connectivity index (χ0n) is 24.1. The van der Waals surface area contributed by atoms with Crippen LogP contribution >= 0.6 is 0 Å². The lowest BCUT2D eigenvalue weighted by molar-refractivity contribution is -0.158. The van der Waals surface area contributed by atoms with Crippen LogP contribution in [0.1, 0.15) is 81.5 Å². The van der Waals surface area contributed by atoms with E-state index in [2.05, 4.69) is 20.3 Å². The highest BCUT2D eigenvalue weighted by atomic mass is 19.3. The lowest BCUT2D eigenvalue weighted by Gasteiger charge is -2.37. The smallest absolute Gasteiger partial charge is 0.309 e. The molecule has 2 fully saturated rings. The summed E-state index contributed by atoms with van der Waals surface area (Å²) in [5.41, 5.74) is 7.59. The number of halogens is 2. The third-order valence-electron chi connectivity index (χ3n) is 8.70. The number of carbonyl (C=O) groups excluding carboxylic acids is 1. The van der Waals surface area contributed by atoms with E-state index in [4.69, 9.17) is 10.5 Å². The van der Waals surface area contributed by atoms with Gasteiger partial charge in [0.25, 0.3) is 6.43 Å². The Hall–Kier alpha value is -3.50. The van der Waals surface area contributed by atoms with E-state index in [1.807, 2.05) is 31.2 Å². The summed E-state index contributed by atoms with van der Waals surface area (Å²) in [6.45, 7) is 3.71. The van der Waals surface area contributed by atoms with Crippen LogP contribution in [0.15, 0.2) is 48.8 Å². The number of aromatic nitrogens is 3. The number of aryl methyl sites for hydroxylation is 1. The Bertz CT molecular complexity index is 1370. The molecular formula is C32H39F2N5O3. The second kappa shape index (κ2) is 12.8. The molecule has 0 bridgehead atoms. The number of hydrogen-bond donors (Lipinski definition) is 3. The molecule has 2 saturated carbocycles. The zero-order valence-corrected chi connectivity index (χ0v) is 24.1. The Morgan fingerprint density at radius 2 is 1.76 bits per heavy atom. The van der Waals surface area contributed by atoms with Gasteiger partial charge in [0.1, 0.15) is 23.3 Å². The van der Waals surface area contributed by atoms with Gasteiger partial charge in [-0.3, -0.25) is 9.78 Å². The lowest BCUT2D eigenvalue weighted by Crippen LogP contribution is -2.38. The summed E-state index contributed by atoms with van der Waals surface area (Å²) >= 11 is 0. The minimum atomic E-state index is -2.59. The topological polar surface area (TPSA) is 123 Å². The normalized spacial score (nSPS) is 24.2. The highest BCUT2D eigenvalue weighted by Gasteiger charge is 2.39. The number of nitrogens with zero attached hydrogens (tertiary/aromatic N) is 3. The summed E-state index contributed by atoms with van der Waals surface area (Å²) in [5, 5.41) is 14.5. The van der Waals surface area contributed by atoms with Gasteiger partial charge in [-0.05, 0) is 113 Å². The number of nitrogens with two attached hydrogens (primary N) is 1. The van der Waals surface area contributed by atoms with Crippen molar-refractivity contribution < 1.29 is 23.4 Å². The molecule has 10 heteroatoms. The molecular weight excluding hydrogens is 540 g/mol. The van der Waals surface area contributed by atoms with Crippen LogP contribution in [-0.4, -0.2) is 38.2 Å². The van der Waals surface area contributed by atoms with E-state index in [0.717, 1.165) is 36.8 Å². The van der Waals surface area contributed by atoms with Gasteiger partial charge < -0.3 is 20.9 Å². The van der Waals surface area contributed by atoms with Crippen molar-refractivity contribution in [1.82, 2.24) is 15.0 Å². The fraction of sp³-hybridized carbons (Fsp3) is 0.500. The molecule has 0 amide bonds. The molecule has 1 atom stereocenters. The molecule has 42 heavy (non-hydrogen) atoms. The van der Waals surface area contributed by atoms with Crippen molar-refractivity contribution in [1.29, 1.82) is 0 Å². The van der Waals surface area contributed by atoms with Crippen LogP contribution in [0.5, 0.6) is 0 Å². The number of rotatable bonds is 8. The molecule has 3 aromatic rings. The van der Waals surface area contributed by atoms with E-state index in [1.54, 1.807) is 13.1 Å². The number of hydrogen-bond acceptors (Lipinski definition) is 8. The predicted octanol–water partition coefficient (Wildman–Crippen LogP) is 6.36. The Morgan fingerprint density at radius 1 is 1.02 bits per heavy atom. The molecule has 0 aromatic carbocycles. The molecule has 0 spiro atoms. The van der Waals surface area contributed by atoms with Crippen molar-refractivity contribution >= 4 is 17.6 Å². The van der Waals surface area contributed by atoms with Gasteiger partial charge in [-0.2, -0.15) is 0 Å². The first kappa shape index (κ1) is 30.0. The highest BCUT2D eigenvalue weighted by molar-refractivity contribution is 5.72. The van der Waals surface area contributed by atoms with Crippen LogP contribution in [0.2, 0.25) is 0 Å². The molecule has 8 nitrogen and oxygen atoms in total. The number of ether oxygens (including phenoxy) is 1. The van der Waals surface area contributed by atoms with Crippen molar-refractivity contribution in [3.63, 3.8) is 0 Å². The van der Waals surface area contributed by atoms with Gasteiger partial charge in [-0.15, -0.1) is 0 Å². The van der Waals surface area contributed by atoms with E-state index < -0.39 is 12.0 Å². The van der Waals surface area contributed by atoms with Gasteiger partial charge in [0.15, 0.2) is 0 Å². The van der Waals surface area contributed by atoms with Crippen LogP contribution in [-0.2, 0) is 15.1 Å². The first-order valence-corrected chi connectivity index (χ1v) is 14.7. The fourth-order valence-corrected chi connectivity index (χ4v) is 6.07. The number of esters is 1. The summed E-state index contributed by atoms with van der Waals surface area (Å²) in [5.74, 6) is 0.474. The molecule has 0 radical (unpaired) electrons. The van der Waals surface area contributed by atoms with Crippen LogP contribution in [0.25, 0.3) is 11.3 Å². The molecule has 1 unspecified atom stereocenters. The fourth-order valence-electron chi connectivity index (χ4n) is 6.07. The minimum absolute atomic E-state index is 0.0241. The number of anilines is 2. The van der Waals surface area contributed by atoms with Gasteiger partial charge in [0.05, 0.1) is 17.3 Å². The van der Waals surface area contributed by atoms with Gasteiger partial charge in [-0.25, -0.2) is 18.7 Å². The van der Waals surface area contributed by atoms with Crippen LogP contribution in [0.4, 0.5) is 20.4 Å². The lowest BCUT2D eigenvalue weighted by atomic mass is 9.73. The Labute approximate surface area is 245 Å². The summed E-state index contributed by atoms with van der Waals surface area (Å²) in [7, 11) is 0. The predicted molar refractivity (Wildman–Crippen MR) is 156 cm³/mol. The Balaban J connectivity index is 1.21. The first-order valence-electron chi connectivity index (χ1n) is 14.7. The van der Waals surface area contributed by atoms with E-state index >= 15 is 0 Å². The SMILES string of the molecule is Cc1cc(Nc2cc(C(F)F)ccn2)nc(-c2ccc(C(C)(O)C3CCC(C(=O)OC4CCC(N)CC4)CC3)nc2)c1. The summed E-state index contributed by atoms with van der Waals surface area (Å²) in [4.78, 5) is 26.1. The monoisotopic (exact) mass is 579 g/mol. The molecule has 3 aromatic heterocycles. The average Bonchev–Trinajstić information content (AvgIpc) is 2.98. The number of aliphatic hydroxyl groups is 1. The molecule has 0 saturated heterocycles. The second-order valence-corrected chi connectivity index (χ2v) is 11.9. The number of alkyl halides is 2. The maximum atomic E-state index is 13.1. The van der Waals surface area contributed by atoms with E-state index in [-0.39, 0.29) is 41.3 Å². The van der Waals surface area contributed by atoms with E-state index in [1.165, 1.54) is 18.3 Å². The molecule has 2 aliphatic rings. The molecule has 4 N–H and O–H groups in total. The Kier molecular flexibility index (Phi) is 9.13. The van der Waals surface area contributed by atoms with Crippen molar-refractivity contribution in [2.45, 2.75) is 89.4 Å². The quantitative estimate of drug-likeness (QED) is 0.264. The van der Waals surface area contributed by atoms with Crippen LogP contribution < -0.4 is 11.1 Å². The van der Waals surface area contributed by atoms with Gasteiger partial charge in [-0.1, -0.05) is 0 Å². The Morgan fingerprint density at radius 3 is 2.43 bits per heavy atom. The molecule has 3 heterocycles. The number of nitrogens with one attached hydrogen (secondary N) is 1. The molecule has 2 aliphatic carbocycles. The van der Waals surface area contributed by atoms with Gasteiger partial charge in [0, 0.05) is 29.6 Å². The van der Waals surface area contributed by atoms with Gasteiger partial charge >= 0.3 is 5.97 Å². The molecule has 0 aliphatic heterocycles. The van der Waals surface area contributed by atoms with Crippen molar-refractivity contribution in [2.75, 3.05) is 5.32 Å². The van der Waals surface area contributed by atoms with Crippen molar-refractivity contribution in [3.8, 4) is 11.3 Å². The zero-order chi connectivity index (χ0) is 29.9. The first-order chi connectivity index (χ1) is 20.1. The minimum Gasteiger partial charge on any atom is -0.462 e. The summed E-state index contributed by atoms with van der Waals surface area (Å²) < 4.78 is 32.0. The maximum absolute atomic E-state index is 13.1. The van der Waals surface area contributed by atoms with E-state index in [9.17, 15) is 18.7 Å². The third-order valence-corrected chi connectivity index (χ3v) is 8.70. The van der Waals surface area contributed by atoms with Crippen molar-refractivity contribution in [3.05, 3.63) is 65.6 Å². The molecule has 224 valence electrons. The van der Waals surface area contributed by atoms with Crippen molar-refractivity contribution in [2.24, 2.45) is 17.6 Å².